The molecule has 0 spiro atoms. The highest BCUT2D eigenvalue weighted by Crippen LogP contribution is 2.18. The summed E-state index contributed by atoms with van der Waals surface area (Å²) in [6, 6.07) is -0.0482. The zero-order valence-corrected chi connectivity index (χ0v) is 15.0. The van der Waals surface area contributed by atoms with Crippen molar-refractivity contribution in [1.29, 1.82) is 0 Å². The Kier molecular flexibility index (Phi) is 12.2. The Hall–Kier alpha value is -1.43. The highest BCUT2D eigenvalue weighted by molar-refractivity contribution is 6.37. The summed E-state index contributed by atoms with van der Waals surface area (Å²) < 4.78 is 0. The van der Waals surface area contributed by atoms with E-state index in [1.54, 1.807) is 0 Å². The predicted octanol–water partition coefficient (Wildman–Crippen LogP) is 1.53. The van der Waals surface area contributed by atoms with Crippen LogP contribution in [0.25, 0.3) is 0 Å². The second kappa shape index (κ2) is 13.0. The number of Topliss-reactive ketones (excluding diaryl/α,β-unsaturated/α-hetero) is 1. The van der Waals surface area contributed by atoms with Gasteiger partial charge in [0.05, 0.1) is 12.6 Å². The molecule has 0 radical (unpaired) electrons. The van der Waals surface area contributed by atoms with Crippen molar-refractivity contribution >= 4 is 17.6 Å². The first kappa shape index (κ1) is 21.6. The van der Waals surface area contributed by atoms with Gasteiger partial charge in [0, 0.05) is 6.04 Å². The van der Waals surface area contributed by atoms with E-state index in [4.69, 9.17) is 0 Å². The van der Waals surface area contributed by atoms with Gasteiger partial charge in [-0.3, -0.25) is 14.4 Å². The van der Waals surface area contributed by atoms with Gasteiger partial charge in [-0.25, -0.2) is 0 Å². The molecule has 1 saturated heterocycles. The number of ketones is 1. The van der Waals surface area contributed by atoms with Gasteiger partial charge in [0.15, 0.2) is 0 Å². The van der Waals surface area contributed by atoms with Gasteiger partial charge in [0.25, 0.3) is 5.91 Å². The standard InChI is InChI=1S/C11H17N3O3.2C3H8/c15-9(11(17)14-7-3-4-7)6-13-10(16)8-2-1-5-12-8;2*1-3-2/h7-8,12H,1-6H2,(H,13,16)(H,14,17);2*3H2,1-2H3. The van der Waals surface area contributed by atoms with Gasteiger partial charge in [-0.1, -0.05) is 40.5 Å². The molecule has 0 aromatic carbocycles. The third-order valence-corrected chi connectivity index (χ3v) is 2.97. The first-order valence-corrected chi connectivity index (χ1v) is 8.84. The molecule has 0 bridgehead atoms. The van der Waals surface area contributed by atoms with E-state index in [2.05, 4.69) is 43.6 Å². The molecule has 1 aliphatic heterocycles. The summed E-state index contributed by atoms with van der Waals surface area (Å²) in [7, 11) is 0. The SMILES string of the molecule is CCC.CCC.O=C(CNC(=O)C1CCCN1)C(=O)NC1CC1. The zero-order chi connectivity index (χ0) is 17.7. The molecule has 0 aromatic heterocycles. The van der Waals surface area contributed by atoms with Crippen LogP contribution >= 0.6 is 0 Å². The van der Waals surface area contributed by atoms with Crippen molar-refractivity contribution in [2.45, 2.75) is 78.3 Å². The van der Waals surface area contributed by atoms with Crippen molar-refractivity contribution < 1.29 is 14.4 Å². The average molecular weight is 327 g/mol. The first-order chi connectivity index (χ1) is 11.0. The molecule has 134 valence electrons. The summed E-state index contributed by atoms with van der Waals surface area (Å²) in [6.07, 6.45) is 6.14. The summed E-state index contributed by atoms with van der Waals surface area (Å²) in [6.45, 7) is 9.11. The number of amides is 2. The Bertz CT molecular complexity index is 360. The maximum Gasteiger partial charge on any atom is 0.289 e. The largest absolute Gasteiger partial charge is 0.347 e. The van der Waals surface area contributed by atoms with Crippen LogP contribution in [0.5, 0.6) is 0 Å². The molecule has 3 N–H and O–H groups in total. The molecule has 1 unspecified atom stereocenters. The van der Waals surface area contributed by atoms with Gasteiger partial charge in [-0.05, 0) is 32.2 Å². The van der Waals surface area contributed by atoms with Crippen molar-refractivity contribution in [1.82, 2.24) is 16.0 Å². The number of nitrogens with one attached hydrogen (secondary N) is 3. The fourth-order valence-electron chi connectivity index (χ4n) is 1.77. The number of hydrogen-bond donors (Lipinski definition) is 3. The monoisotopic (exact) mass is 327 g/mol. The number of rotatable bonds is 5. The molecule has 2 fully saturated rings. The van der Waals surface area contributed by atoms with Crippen molar-refractivity contribution in [3.05, 3.63) is 0 Å². The number of carbonyl (C=O) groups is 3. The molecule has 0 aromatic rings. The van der Waals surface area contributed by atoms with E-state index >= 15 is 0 Å². The lowest BCUT2D eigenvalue weighted by molar-refractivity contribution is -0.138. The van der Waals surface area contributed by atoms with Crippen molar-refractivity contribution in [2.24, 2.45) is 0 Å². The van der Waals surface area contributed by atoms with Gasteiger partial charge in [0.1, 0.15) is 0 Å². The minimum absolute atomic E-state index is 0.165. The van der Waals surface area contributed by atoms with Crippen LogP contribution in [-0.2, 0) is 14.4 Å². The molecular formula is C17H33N3O3. The van der Waals surface area contributed by atoms with Crippen LogP contribution in [0.4, 0.5) is 0 Å². The molecule has 1 aliphatic carbocycles. The van der Waals surface area contributed by atoms with Crippen LogP contribution in [0.2, 0.25) is 0 Å². The van der Waals surface area contributed by atoms with Crippen LogP contribution in [0.3, 0.4) is 0 Å². The van der Waals surface area contributed by atoms with E-state index in [1.165, 1.54) is 12.8 Å². The molecule has 1 saturated carbocycles. The first-order valence-electron chi connectivity index (χ1n) is 8.84. The van der Waals surface area contributed by atoms with E-state index in [1.807, 2.05) is 0 Å². The molecule has 23 heavy (non-hydrogen) atoms. The van der Waals surface area contributed by atoms with E-state index < -0.39 is 11.7 Å². The molecule has 6 heteroatoms. The van der Waals surface area contributed by atoms with Gasteiger partial charge in [0.2, 0.25) is 11.7 Å². The van der Waals surface area contributed by atoms with Crippen molar-refractivity contribution in [3.8, 4) is 0 Å². The van der Waals surface area contributed by atoms with E-state index in [9.17, 15) is 14.4 Å². The quantitative estimate of drug-likeness (QED) is 0.668. The minimum Gasteiger partial charge on any atom is -0.347 e. The molecule has 2 aliphatic rings. The topological polar surface area (TPSA) is 87.3 Å². The van der Waals surface area contributed by atoms with E-state index in [0.717, 1.165) is 32.2 Å². The van der Waals surface area contributed by atoms with Gasteiger partial charge in [-0.2, -0.15) is 0 Å². The Balaban J connectivity index is 0.000000704. The highest BCUT2D eigenvalue weighted by atomic mass is 16.2. The van der Waals surface area contributed by atoms with Crippen molar-refractivity contribution in [3.63, 3.8) is 0 Å². The molecule has 1 heterocycles. The Labute approximate surface area is 140 Å². The van der Waals surface area contributed by atoms with Crippen LogP contribution in [-0.4, -0.2) is 42.8 Å². The highest BCUT2D eigenvalue weighted by Gasteiger charge is 2.27. The molecule has 6 nitrogen and oxygen atoms in total. The number of hydrogen-bond acceptors (Lipinski definition) is 4. The summed E-state index contributed by atoms with van der Waals surface area (Å²) in [5.74, 6) is -1.37. The van der Waals surface area contributed by atoms with Gasteiger partial charge in [-0.15, -0.1) is 0 Å². The third-order valence-electron chi connectivity index (χ3n) is 2.97. The predicted molar refractivity (Wildman–Crippen MR) is 92.1 cm³/mol. The minimum atomic E-state index is -0.591. The van der Waals surface area contributed by atoms with Crippen molar-refractivity contribution in [2.75, 3.05) is 13.1 Å². The van der Waals surface area contributed by atoms with Gasteiger partial charge >= 0.3 is 0 Å². The van der Waals surface area contributed by atoms with Gasteiger partial charge < -0.3 is 16.0 Å². The lowest BCUT2D eigenvalue weighted by Crippen LogP contribution is -2.45. The summed E-state index contributed by atoms with van der Waals surface area (Å²) in [5, 5.41) is 8.11. The second-order valence-corrected chi connectivity index (χ2v) is 5.95. The Morgan fingerprint density at radius 3 is 2.00 bits per heavy atom. The maximum absolute atomic E-state index is 11.5. The fraction of sp³-hybridized carbons (Fsp3) is 0.824. The Morgan fingerprint density at radius 1 is 1.00 bits per heavy atom. The van der Waals surface area contributed by atoms with Crippen LogP contribution in [0, 0.1) is 0 Å². The van der Waals surface area contributed by atoms with Crippen LogP contribution in [0.1, 0.15) is 66.2 Å². The normalized spacial score (nSPS) is 18.7. The smallest absolute Gasteiger partial charge is 0.289 e. The third kappa shape index (κ3) is 10.8. The molecular weight excluding hydrogens is 294 g/mol. The summed E-state index contributed by atoms with van der Waals surface area (Å²) >= 11 is 0. The molecule has 1 atom stereocenters. The second-order valence-electron chi connectivity index (χ2n) is 5.95. The zero-order valence-electron chi connectivity index (χ0n) is 15.0. The molecule has 2 amide bonds. The van der Waals surface area contributed by atoms with Crippen LogP contribution < -0.4 is 16.0 Å². The average Bonchev–Trinajstić information content (AvgIpc) is 3.15. The van der Waals surface area contributed by atoms with E-state index in [0.29, 0.717) is 0 Å². The maximum atomic E-state index is 11.5. The number of carbonyl (C=O) groups excluding carboxylic acids is 3. The molecule has 2 rings (SSSR count). The lowest BCUT2D eigenvalue weighted by Gasteiger charge is -2.10. The Morgan fingerprint density at radius 2 is 1.57 bits per heavy atom. The fourth-order valence-corrected chi connectivity index (χ4v) is 1.77. The summed E-state index contributed by atoms with van der Waals surface area (Å²) in [4.78, 5) is 34.2. The summed E-state index contributed by atoms with van der Waals surface area (Å²) in [5.41, 5.74) is 0. The van der Waals surface area contributed by atoms with E-state index in [-0.39, 0.29) is 24.5 Å². The lowest BCUT2D eigenvalue weighted by atomic mass is 10.2. The van der Waals surface area contributed by atoms with Crippen LogP contribution in [0.15, 0.2) is 0 Å².